The van der Waals surface area contributed by atoms with Gasteiger partial charge in [-0.15, -0.1) is 0 Å². The largest absolute Gasteiger partial charge is 0.386 e. The van der Waals surface area contributed by atoms with Gasteiger partial charge in [0.05, 0.1) is 9.04 Å². The lowest BCUT2D eigenvalue weighted by Gasteiger charge is -2.06. The second-order valence-electron chi connectivity index (χ2n) is 1.16. The van der Waals surface area contributed by atoms with Gasteiger partial charge in [0.1, 0.15) is 0 Å². The standard InChI is InChI=1S/C3H6OSi2/c1-2-5-6-3-4-1/h1-3H2. The Hall–Kier alpha value is 0.394. The molecule has 1 aliphatic heterocycles. The van der Waals surface area contributed by atoms with Crippen LogP contribution in [-0.4, -0.2) is 30.9 Å². The third-order valence-corrected chi connectivity index (χ3v) is 3.66. The van der Waals surface area contributed by atoms with E-state index in [1.165, 1.54) is 15.1 Å². The van der Waals surface area contributed by atoms with Gasteiger partial charge in [-0.05, 0) is 6.04 Å². The van der Waals surface area contributed by atoms with E-state index in [1.807, 2.05) is 0 Å². The van der Waals surface area contributed by atoms with Crippen LogP contribution in [0.25, 0.3) is 0 Å². The molecule has 1 fully saturated rings. The van der Waals surface area contributed by atoms with Crippen molar-refractivity contribution < 1.29 is 4.74 Å². The van der Waals surface area contributed by atoms with E-state index in [4.69, 9.17) is 4.74 Å². The summed E-state index contributed by atoms with van der Waals surface area (Å²) in [5.74, 6) is 0. The van der Waals surface area contributed by atoms with Gasteiger partial charge in [-0.1, -0.05) is 0 Å². The van der Waals surface area contributed by atoms with Crippen LogP contribution in [-0.2, 0) is 4.74 Å². The van der Waals surface area contributed by atoms with E-state index in [-0.39, 0.29) is 0 Å². The molecule has 1 saturated heterocycles. The smallest absolute Gasteiger partial charge is 0.0579 e. The number of hydrogen-bond acceptors (Lipinski definition) is 1. The number of rotatable bonds is 0. The molecule has 0 spiro atoms. The first-order valence-corrected chi connectivity index (χ1v) is 5.45. The Labute approximate surface area is 42.5 Å². The Morgan fingerprint density at radius 2 is 2.33 bits per heavy atom. The summed E-state index contributed by atoms with van der Waals surface area (Å²) in [6.45, 7) is 1.02. The average Bonchev–Trinajstić information content (AvgIpc) is 1.72. The van der Waals surface area contributed by atoms with Crippen LogP contribution >= 0.6 is 0 Å². The first-order chi connectivity index (χ1) is 3.00. The minimum absolute atomic E-state index is 1.02. The monoisotopic (exact) mass is 114 g/mol. The van der Waals surface area contributed by atoms with Gasteiger partial charge in [-0.3, -0.25) is 0 Å². The van der Waals surface area contributed by atoms with E-state index in [0.717, 1.165) is 21.9 Å². The summed E-state index contributed by atoms with van der Waals surface area (Å²) < 4.78 is 5.09. The number of hydrogen-bond donors (Lipinski definition) is 0. The van der Waals surface area contributed by atoms with Gasteiger partial charge in [0.25, 0.3) is 0 Å². The molecule has 1 aliphatic rings. The maximum absolute atomic E-state index is 5.09. The SMILES string of the molecule is C1C[Si][Si]CO1. The summed E-state index contributed by atoms with van der Waals surface area (Å²) in [4.78, 5) is 0. The Kier molecular flexibility index (Phi) is 1.93. The molecule has 32 valence electrons. The molecule has 0 saturated carbocycles. The minimum atomic E-state index is 1.02. The molecule has 6 heavy (non-hydrogen) atoms. The third-order valence-electron chi connectivity index (χ3n) is 0.671. The molecular formula is C3H6OSi2. The molecule has 3 heteroatoms. The molecular weight excluding hydrogens is 108 g/mol. The quantitative estimate of drug-likeness (QED) is 0.393. The van der Waals surface area contributed by atoms with E-state index >= 15 is 0 Å². The van der Waals surface area contributed by atoms with Crippen LogP contribution in [0.1, 0.15) is 0 Å². The molecule has 0 N–H and O–H groups in total. The van der Waals surface area contributed by atoms with Crippen molar-refractivity contribution in [3.63, 3.8) is 0 Å². The van der Waals surface area contributed by atoms with Crippen LogP contribution in [0.15, 0.2) is 0 Å². The summed E-state index contributed by atoms with van der Waals surface area (Å²) in [7, 11) is 2.31. The van der Waals surface area contributed by atoms with Crippen LogP contribution < -0.4 is 0 Å². The predicted octanol–water partition coefficient (Wildman–Crippen LogP) is -0.284. The highest BCUT2D eigenvalue weighted by molar-refractivity contribution is 7.00. The maximum Gasteiger partial charge on any atom is 0.0579 e. The molecule has 0 aromatic heterocycles. The van der Waals surface area contributed by atoms with Crippen LogP contribution in [0, 0.1) is 0 Å². The van der Waals surface area contributed by atoms with E-state index in [9.17, 15) is 0 Å². The van der Waals surface area contributed by atoms with Crippen molar-refractivity contribution in [3.05, 3.63) is 0 Å². The molecule has 0 aromatic carbocycles. The topological polar surface area (TPSA) is 9.23 Å². The van der Waals surface area contributed by atoms with E-state index in [2.05, 4.69) is 0 Å². The van der Waals surface area contributed by atoms with Crippen molar-refractivity contribution in [2.75, 3.05) is 12.8 Å². The summed E-state index contributed by atoms with van der Waals surface area (Å²) in [6, 6.07) is 1.32. The molecule has 0 amide bonds. The first-order valence-electron chi connectivity index (χ1n) is 2.03. The molecule has 1 heterocycles. The van der Waals surface area contributed by atoms with E-state index in [0.29, 0.717) is 0 Å². The number of ether oxygens (including phenoxy) is 1. The maximum atomic E-state index is 5.09. The third kappa shape index (κ3) is 1.24. The van der Waals surface area contributed by atoms with Crippen molar-refractivity contribution in [1.29, 1.82) is 0 Å². The molecule has 4 radical (unpaired) electrons. The predicted molar refractivity (Wildman–Crippen MR) is 27.1 cm³/mol. The summed E-state index contributed by atoms with van der Waals surface area (Å²) in [5, 5.41) is 0. The lowest BCUT2D eigenvalue weighted by molar-refractivity contribution is 0.190. The van der Waals surface area contributed by atoms with Gasteiger partial charge < -0.3 is 4.74 Å². The highest BCUT2D eigenvalue weighted by Crippen LogP contribution is 1.86. The second-order valence-corrected chi connectivity index (χ2v) is 4.77. The lowest BCUT2D eigenvalue weighted by Crippen LogP contribution is -2.19. The zero-order chi connectivity index (χ0) is 4.24. The van der Waals surface area contributed by atoms with E-state index < -0.39 is 0 Å². The van der Waals surface area contributed by atoms with Crippen molar-refractivity contribution in [1.82, 2.24) is 0 Å². The van der Waals surface area contributed by atoms with Crippen LogP contribution in [0.4, 0.5) is 0 Å². The Balaban J connectivity index is 2.00. The highest BCUT2D eigenvalue weighted by atomic mass is 29.1. The molecule has 0 aliphatic carbocycles. The van der Waals surface area contributed by atoms with Gasteiger partial charge in [0.15, 0.2) is 0 Å². The van der Waals surface area contributed by atoms with Gasteiger partial charge in [-0.25, -0.2) is 0 Å². The Bertz CT molecular complexity index is 24.3. The zero-order valence-electron chi connectivity index (χ0n) is 3.53. The first kappa shape index (κ1) is 4.55. The van der Waals surface area contributed by atoms with Crippen molar-refractivity contribution in [2.45, 2.75) is 6.04 Å². The van der Waals surface area contributed by atoms with Gasteiger partial charge in [0.2, 0.25) is 0 Å². The fourth-order valence-electron chi connectivity index (χ4n) is 0.386. The van der Waals surface area contributed by atoms with Crippen LogP contribution in [0.3, 0.4) is 0 Å². The second kappa shape index (κ2) is 2.55. The van der Waals surface area contributed by atoms with E-state index in [1.54, 1.807) is 0 Å². The molecule has 1 nitrogen and oxygen atoms in total. The van der Waals surface area contributed by atoms with Crippen molar-refractivity contribution >= 4 is 18.1 Å². The molecule has 0 unspecified atom stereocenters. The minimum Gasteiger partial charge on any atom is -0.386 e. The summed E-state index contributed by atoms with van der Waals surface area (Å²) in [6.07, 6.45) is 1.04. The lowest BCUT2D eigenvalue weighted by atomic mass is 10.9. The fraction of sp³-hybridized carbons (Fsp3) is 1.00. The van der Waals surface area contributed by atoms with Gasteiger partial charge >= 0.3 is 0 Å². The zero-order valence-corrected chi connectivity index (χ0v) is 5.53. The van der Waals surface area contributed by atoms with Crippen molar-refractivity contribution in [3.8, 4) is 0 Å². The molecule has 1 rings (SSSR count). The van der Waals surface area contributed by atoms with Gasteiger partial charge in [-0.2, -0.15) is 0 Å². The Morgan fingerprint density at radius 3 is 2.50 bits per heavy atom. The highest BCUT2D eigenvalue weighted by Gasteiger charge is 1.97. The molecule has 0 aromatic rings. The molecule has 0 atom stereocenters. The van der Waals surface area contributed by atoms with Gasteiger partial charge in [0, 0.05) is 21.9 Å². The summed E-state index contributed by atoms with van der Waals surface area (Å²) in [5.41, 5.74) is 0. The average molecular weight is 114 g/mol. The van der Waals surface area contributed by atoms with Crippen LogP contribution in [0.2, 0.25) is 6.04 Å². The normalized spacial score (nSPS) is 24.0. The van der Waals surface area contributed by atoms with Crippen molar-refractivity contribution in [2.24, 2.45) is 0 Å². The fourth-order valence-corrected chi connectivity index (χ4v) is 2.61. The summed E-state index contributed by atoms with van der Waals surface area (Å²) >= 11 is 0. The van der Waals surface area contributed by atoms with Crippen LogP contribution in [0.5, 0.6) is 0 Å². The Morgan fingerprint density at radius 1 is 1.33 bits per heavy atom. The molecule has 0 bridgehead atoms.